The Kier molecular flexibility index (Phi) is 3.98. The molecule has 3 aromatic rings. The van der Waals surface area contributed by atoms with Crippen LogP contribution in [-0.4, -0.2) is 9.97 Å². The molecule has 0 radical (unpaired) electrons. The predicted octanol–water partition coefficient (Wildman–Crippen LogP) is 4.77. The van der Waals surface area contributed by atoms with Crippen LogP contribution < -0.4 is 5.32 Å². The highest BCUT2D eigenvalue weighted by Crippen LogP contribution is 2.21. The van der Waals surface area contributed by atoms with Crippen LogP contribution in [0, 0.1) is 0 Å². The molecule has 1 N–H and O–H groups in total. The predicted molar refractivity (Wildman–Crippen MR) is 88.7 cm³/mol. The van der Waals surface area contributed by atoms with Crippen molar-refractivity contribution in [3.8, 4) is 0 Å². The molecule has 0 fully saturated rings. The smallest absolute Gasteiger partial charge is 0.0737 e. The van der Waals surface area contributed by atoms with E-state index < -0.39 is 0 Å². The molecule has 20 heavy (non-hydrogen) atoms. The van der Waals surface area contributed by atoms with Gasteiger partial charge in [0, 0.05) is 20.5 Å². The number of fused-ring (bicyclic) bond motifs is 1. The molecule has 3 rings (SSSR count). The van der Waals surface area contributed by atoms with Gasteiger partial charge in [-0.05, 0) is 50.1 Å². The van der Waals surface area contributed by atoms with Crippen molar-refractivity contribution in [2.75, 3.05) is 5.32 Å². The summed E-state index contributed by atoms with van der Waals surface area (Å²) in [6.45, 7) is 0.647. The monoisotopic (exact) mass is 391 g/mol. The van der Waals surface area contributed by atoms with Crippen LogP contribution in [0.1, 0.15) is 5.69 Å². The maximum absolute atomic E-state index is 4.43. The fourth-order valence-electron chi connectivity index (χ4n) is 1.93. The van der Waals surface area contributed by atoms with Crippen LogP contribution in [0.5, 0.6) is 0 Å². The maximum atomic E-state index is 4.43. The molecule has 2 heterocycles. The third-order valence-corrected chi connectivity index (χ3v) is 4.05. The number of hydrogen-bond acceptors (Lipinski definition) is 3. The molecule has 0 saturated carbocycles. The van der Waals surface area contributed by atoms with Gasteiger partial charge in [0.2, 0.25) is 0 Å². The van der Waals surface area contributed by atoms with E-state index in [0.717, 1.165) is 31.2 Å². The molecule has 2 aromatic heterocycles. The molecule has 0 unspecified atom stereocenters. The van der Waals surface area contributed by atoms with Gasteiger partial charge in [0.1, 0.15) is 0 Å². The fourth-order valence-corrected chi connectivity index (χ4v) is 3.05. The zero-order valence-corrected chi connectivity index (χ0v) is 13.6. The van der Waals surface area contributed by atoms with Crippen LogP contribution >= 0.6 is 31.9 Å². The minimum Gasteiger partial charge on any atom is -0.378 e. The van der Waals surface area contributed by atoms with Crippen molar-refractivity contribution < 1.29 is 0 Å². The normalized spacial score (nSPS) is 10.7. The SMILES string of the molecule is Brc1cnc(CNc2cnc3ccccc3c2)c(Br)c1. The Morgan fingerprint density at radius 1 is 1.00 bits per heavy atom. The molecule has 5 heteroatoms. The molecule has 0 spiro atoms. The first-order valence-electron chi connectivity index (χ1n) is 6.11. The van der Waals surface area contributed by atoms with Crippen LogP contribution in [0.25, 0.3) is 10.9 Å². The summed E-state index contributed by atoms with van der Waals surface area (Å²) in [5.41, 5.74) is 2.95. The average Bonchev–Trinajstić information content (AvgIpc) is 2.46. The van der Waals surface area contributed by atoms with E-state index in [4.69, 9.17) is 0 Å². The first kappa shape index (κ1) is 13.5. The van der Waals surface area contributed by atoms with Gasteiger partial charge in [0.25, 0.3) is 0 Å². The summed E-state index contributed by atoms with van der Waals surface area (Å²) in [4.78, 5) is 8.81. The van der Waals surface area contributed by atoms with Gasteiger partial charge in [0.05, 0.1) is 29.6 Å². The van der Waals surface area contributed by atoms with Crippen molar-refractivity contribution in [3.05, 3.63) is 63.4 Å². The minimum absolute atomic E-state index is 0.647. The first-order valence-corrected chi connectivity index (χ1v) is 7.69. The second kappa shape index (κ2) is 5.89. The van der Waals surface area contributed by atoms with Crippen molar-refractivity contribution in [2.24, 2.45) is 0 Å². The van der Waals surface area contributed by atoms with Gasteiger partial charge in [-0.2, -0.15) is 0 Å². The summed E-state index contributed by atoms with van der Waals surface area (Å²) in [6, 6.07) is 12.1. The number of halogens is 2. The average molecular weight is 393 g/mol. The molecule has 0 aliphatic rings. The number of hydrogen-bond donors (Lipinski definition) is 1. The minimum atomic E-state index is 0.647. The number of nitrogens with zero attached hydrogens (tertiary/aromatic N) is 2. The van der Waals surface area contributed by atoms with Crippen LogP contribution in [0.3, 0.4) is 0 Å². The molecule has 0 aliphatic heterocycles. The lowest BCUT2D eigenvalue weighted by Gasteiger charge is -2.08. The molecule has 100 valence electrons. The summed E-state index contributed by atoms with van der Waals surface area (Å²) in [5.74, 6) is 0. The molecule has 0 atom stereocenters. The maximum Gasteiger partial charge on any atom is 0.0737 e. The van der Waals surface area contributed by atoms with Crippen LogP contribution in [0.2, 0.25) is 0 Å². The quantitative estimate of drug-likeness (QED) is 0.697. The molecule has 0 saturated heterocycles. The van der Waals surface area contributed by atoms with E-state index in [2.05, 4.69) is 59.3 Å². The zero-order chi connectivity index (χ0) is 13.9. The van der Waals surface area contributed by atoms with Crippen LogP contribution in [0.4, 0.5) is 5.69 Å². The third kappa shape index (κ3) is 2.99. The number of para-hydroxylation sites is 1. The second-order valence-electron chi connectivity index (χ2n) is 4.35. The highest BCUT2D eigenvalue weighted by Gasteiger charge is 2.03. The van der Waals surface area contributed by atoms with E-state index in [1.165, 1.54) is 0 Å². The molecule has 3 nitrogen and oxygen atoms in total. The van der Waals surface area contributed by atoms with Gasteiger partial charge in [-0.25, -0.2) is 0 Å². The van der Waals surface area contributed by atoms with Gasteiger partial charge >= 0.3 is 0 Å². The second-order valence-corrected chi connectivity index (χ2v) is 6.12. The number of benzene rings is 1. The topological polar surface area (TPSA) is 37.8 Å². The lowest BCUT2D eigenvalue weighted by molar-refractivity contribution is 1.03. The van der Waals surface area contributed by atoms with Crippen molar-refractivity contribution in [1.29, 1.82) is 0 Å². The Hall–Kier alpha value is -1.46. The highest BCUT2D eigenvalue weighted by atomic mass is 79.9. The molecule has 1 aromatic carbocycles. The molecule has 0 bridgehead atoms. The summed E-state index contributed by atoms with van der Waals surface area (Å²) >= 11 is 6.91. The number of nitrogens with one attached hydrogen (secondary N) is 1. The molecule has 0 amide bonds. The fraction of sp³-hybridized carbons (Fsp3) is 0.0667. The van der Waals surface area contributed by atoms with Crippen molar-refractivity contribution in [1.82, 2.24) is 9.97 Å². The Morgan fingerprint density at radius 3 is 2.70 bits per heavy atom. The summed E-state index contributed by atoms with van der Waals surface area (Å²) in [7, 11) is 0. The lowest BCUT2D eigenvalue weighted by Crippen LogP contribution is -2.02. The van der Waals surface area contributed by atoms with Crippen molar-refractivity contribution in [3.63, 3.8) is 0 Å². The molecular formula is C15H11Br2N3. The largest absolute Gasteiger partial charge is 0.378 e. The Balaban J connectivity index is 1.79. The van der Waals surface area contributed by atoms with Crippen LogP contribution in [0.15, 0.2) is 57.7 Å². The van der Waals surface area contributed by atoms with Crippen molar-refractivity contribution in [2.45, 2.75) is 6.54 Å². The zero-order valence-electron chi connectivity index (χ0n) is 10.5. The van der Waals surface area contributed by atoms with E-state index in [1.807, 2.05) is 30.5 Å². The van der Waals surface area contributed by atoms with Crippen molar-refractivity contribution >= 4 is 48.5 Å². The summed E-state index contributed by atoms with van der Waals surface area (Å²) < 4.78 is 1.94. The molecule has 0 aliphatic carbocycles. The highest BCUT2D eigenvalue weighted by molar-refractivity contribution is 9.11. The van der Waals surface area contributed by atoms with E-state index in [1.54, 1.807) is 6.20 Å². The van der Waals surface area contributed by atoms with E-state index in [9.17, 15) is 0 Å². The summed E-state index contributed by atoms with van der Waals surface area (Å²) in [5, 5.41) is 4.47. The number of aromatic nitrogens is 2. The first-order chi connectivity index (χ1) is 9.72. The Labute approximate surface area is 133 Å². The van der Waals surface area contributed by atoms with E-state index >= 15 is 0 Å². The van der Waals surface area contributed by atoms with E-state index in [0.29, 0.717) is 6.54 Å². The van der Waals surface area contributed by atoms with Gasteiger partial charge in [-0.1, -0.05) is 18.2 Å². The third-order valence-electron chi connectivity index (χ3n) is 2.93. The number of pyridine rings is 2. The number of rotatable bonds is 3. The Morgan fingerprint density at radius 2 is 1.85 bits per heavy atom. The summed E-state index contributed by atoms with van der Waals surface area (Å²) in [6.07, 6.45) is 3.63. The Bertz CT molecular complexity index is 759. The standard InChI is InChI=1S/C15H11Br2N3/c16-11-6-13(17)15(19-7-11)9-18-12-5-10-3-1-2-4-14(10)20-8-12/h1-8,18H,9H2. The van der Waals surface area contributed by atoms with Gasteiger partial charge < -0.3 is 5.32 Å². The van der Waals surface area contributed by atoms with Gasteiger partial charge in [0.15, 0.2) is 0 Å². The number of anilines is 1. The van der Waals surface area contributed by atoms with Crippen LogP contribution in [-0.2, 0) is 6.54 Å². The molecular weight excluding hydrogens is 382 g/mol. The van der Waals surface area contributed by atoms with Gasteiger partial charge in [-0.15, -0.1) is 0 Å². The van der Waals surface area contributed by atoms with Gasteiger partial charge in [-0.3, -0.25) is 9.97 Å². The lowest BCUT2D eigenvalue weighted by atomic mass is 10.2. The van der Waals surface area contributed by atoms with E-state index in [-0.39, 0.29) is 0 Å².